The molecule has 1 fully saturated rings. The normalized spacial score (nSPS) is 37.9. The van der Waals surface area contributed by atoms with E-state index in [-0.39, 0.29) is 0 Å². The van der Waals surface area contributed by atoms with E-state index in [2.05, 4.69) is 15.9 Å². The Morgan fingerprint density at radius 3 is 3.00 bits per heavy atom. The fourth-order valence-electron chi connectivity index (χ4n) is 0.820. The van der Waals surface area contributed by atoms with Crippen LogP contribution in [0.4, 0.5) is 0 Å². The van der Waals surface area contributed by atoms with Gasteiger partial charge < -0.3 is 0 Å². The van der Waals surface area contributed by atoms with Gasteiger partial charge in [-0.3, -0.25) is 0 Å². The molecule has 1 aliphatic rings. The van der Waals surface area contributed by atoms with Crippen LogP contribution in [0.15, 0.2) is 28.7 Å². The summed E-state index contributed by atoms with van der Waals surface area (Å²) in [5, 5.41) is 0. The molecule has 1 saturated carbocycles. The minimum Gasteiger partial charge on any atom is -0.0609 e. The van der Waals surface area contributed by atoms with Gasteiger partial charge in [0.1, 0.15) is 0 Å². The third-order valence-electron chi connectivity index (χ3n) is 1.36. The van der Waals surface area contributed by atoms with E-state index >= 15 is 0 Å². The number of halogens is 1. The van der Waals surface area contributed by atoms with E-state index in [1.54, 1.807) is 24.3 Å². The first-order valence-electron chi connectivity index (χ1n) is 5.51. The summed E-state index contributed by atoms with van der Waals surface area (Å²) in [7, 11) is 0. The van der Waals surface area contributed by atoms with Gasteiger partial charge >= 0.3 is 0 Å². The predicted octanol–water partition coefficient (Wildman–Crippen LogP) is 3.33. The van der Waals surface area contributed by atoms with Gasteiger partial charge in [-0.15, -0.1) is 0 Å². The lowest BCUT2D eigenvalue weighted by Crippen LogP contribution is -1.76. The van der Waals surface area contributed by atoms with Crippen LogP contribution in [-0.4, -0.2) is 0 Å². The summed E-state index contributed by atoms with van der Waals surface area (Å²) in [6.45, 7) is 0. The van der Waals surface area contributed by atoms with Gasteiger partial charge in [0.15, 0.2) is 0 Å². The first-order valence-corrected chi connectivity index (χ1v) is 3.80. The summed E-state index contributed by atoms with van der Waals surface area (Å²) in [6.07, 6.45) is -4.25. The largest absolute Gasteiger partial charge is 0.0609 e. The second-order valence-electron chi connectivity index (χ2n) is 2.14. The molecular formula is C9H9Br. The molecule has 0 spiro atoms. The number of hydrogen-bond donors (Lipinski definition) is 0. The fraction of sp³-hybridized carbons (Fsp3) is 0.333. The average molecular weight is 202 g/mol. The molecule has 1 aromatic rings. The standard InChI is InChI=1S/C9H9Br/c10-9-3-1-2-8(6-9)7-4-5-7/h1-3,6-7H,4-5H2/i4D2,5D2,7D. The molecule has 0 aromatic heterocycles. The topological polar surface area (TPSA) is 0 Å². The van der Waals surface area contributed by atoms with Gasteiger partial charge in [0.2, 0.25) is 0 Å². The Balaban J connectivity index is 2.51. The lowest BCUT2D eigenvalue weighted by atomic mass is 10.1. The van der Waals surface area contributed by atoms with Crippen molar-refractivity contribution in [3.63, 3.8) is 0 Å². The van der Waals surface area contributed by atoms with Gasteiger partial charge in [-0.1, -0.05) is 28.1 Å². The van der Waals surface area contributed by atoms with E-state index in [1.165, 1.54) is 0 Å². The lowest BCUT2D eigenvalue weighted by Gasteiger charge is -1.96. The summed E-state index contributed by atoms with van der Waals surface area (Å²) in [6, 6.07) is 6.62. The second kappa shape index (κ2) is 2.39. The van der Waals surface area contributed by atoms with Crippen LogP contribution in [0.3, 0.4) is 0 Å². The Morgan fingerprint density at radius 2 is 2.40 bits per heavy atom. The molecule has 0 saturated heterocycles. The second-order valence-corrected chi connectivity index (χ2v) is 3.05. The maximum Gasteiger partial charge on any atom is 0.0352 e. The quantitative estimate of drug-likeness (QED) is 0.655. The zero-order valence-corrected chi connectivity index (χ0v) is 6.77. The fourth-order valence-corrected chi connectivity index (χ4v) is 1.22. The van der Waals surface area contributed by atoms with Crippen molar-refractivity contribution >= 4 is 15.9 Å². The van der Waals surface area contributed by atoms with E-state index < -0.39 is 18.6 Å². The van der Waals surface area contributed by atoms with Crippen molar-refractivity contribution in [1.82, 2.24) is 0 Å². The predicted molar refractivity (Wildman–Crippen MR) is 46.1 cm³/mol. The van der Waals surface area contributed by atoms with Gasteiger partial charge in [-0.2, -0.15) is 0 Å². The van der Waals surface area contributed by atoms with Crippen molar-refractivity contribution in [1.29, 1.82) is 0 Å². The smallest absolute Gasteiger partial charge is 0.0352 e. The van der Waals surface area contributed by atoms with Crippen LogP contribution in [0, 0.1) is 0 Å². The Hall–Kier alpha value is -0.300. The summed E-state index contributed by atoms with van der Waals surface area (Å²) >= 11 is 3.23. The van der Waals surface area contributed by atoms with Gasteiger partial charge in [0.25, 0.3) is 0 Å². The number of benzene rings is 1. The number of hydrogen-bond acceptors (Lipinski definition) is 0. The van der Waals surface area contributed by atoms with Crippen LogP contribution in [0.2, 0.25) is 0 Å². The monoisotopic (exact) mass is 201 g/mol. The van der Waals surface area contributed by atoms with Crippen molar-refractivity contribution < 1.29 is 6.85 Å². The maximum atomic E-state index is 7.92. The molecule has 0 amide bonds. The molecule has 1 heteroatoms. The van der Waals surface area contributed by atoms with E-state index in [0.29, 0.717) is 5.56 Å². The van der Waals surface area contributed by atoms with E-state index in [4.69, 9.17) is 6.85 Å². The Morgan fingerprint density at radius 1 is 1.60 bits per heavy atom. The van der Waals surface area contributed by atoms with E-state index in [0.717, 1.165) is 4.47 Å². The van der Waals surface area contributed by atoms with Crippen LogP contribution < -0.4 is 0 Å². The van der Waals surface area contributed by atoms with Gasteiger partial charge in [-0.05, 0) is 36.3 Å². The maximum absolute atomic E-state index is 7.92. The minimum absolute atomic E-state index is 0.367. The van der Waals surface area contributed by atoms with Crippen molar-refractivity contribution in [2.24, 2.45) is 0 Å². The van der Waals surface area contributed by atoms with E-state index in [1.807, 2.05) is 0 Å². The van der Waals surface area contributed by atoms with Crippen LogP contribution in [0.5, 0.6) is 0 Å². The van der Waals surface area contributed by atoms with Crippen molar-refractivity contribution in [2.75, 3.05) is 0 Å². The summed E-state index contributed by atoms with van der Waals surface area (Å²) < 4.78 is 38.7. The molecule has 0 nitrogen and oxygen atoms in total. The van der Waals surface area contributed by atoms with Crippen LogP contribution >= 0.6 is 15.9 Å². The number of rotatable bonds is 1. The molecular weight excluding hydrogens is 188 g/mol. The summed E-state index contributed by atoms with van der Waals surface area (Å²) in [5.74, 6) is -1.79. The molecule has 0 N–H and O–H groups in total. The highest BCUT2D eigenvalue weighted by Gasteiger charge is 2.22. The first kappa shape index (κ1) is 2.98. The van der Waals surface area contributed by atoms with Crippen molar-refractivity contribution in [3.8, 4) is 0 Å². The van der Waals surface area contributed by atoms with Crippen molar-refractivity contribution in [3.05, 3.63) is 34.3 Å². The molecule has 0 aliphatic heterocycles. The zero-order valence-electron chi connectivity index (χ0n) is 10.2. The Bertz CT molecular complexity index is 401. The molecule has 10 heavy (non-hydrogen) atoms. The molecule has 0 bridgehead atoms. The van der Waals surface area contributed by atoms with Crippen LogP contribution in [0.25, 0.3) is 0 Å². The van der Waals surface area contributed by atoms with Gasteiger partial charge in [-0.25, -0.2) is 0 Å². The molecule has 0 unspecified atom stereocenters. The first-order chi connectivity index (χ1) is 6.75. The highest BCUT2D eigenvalue weighted by atomic mass is 79.9. The molecule has 0 atom stereocenters. The highest BCUT2D eigenvalue weighted by molar-refractivity contribution is 9.10. The zero-order chi connectivity index (χ0) is 11.5. The molecule has 1 aliphatic carbocycles. The highest BCUT2D eigenvalue weighted by Crippen LogP contribution is 2.40. The van der Waals surface area contributed by atoms with Gasteiger partial charge in [0, 0.05) is 11.3 Å². The SMILES string of the molecule is [2H]C1([2H])C([2H])([2H])C1([2H])c1cccc(Br)c1. The summed E-state index contributed by atoms with van der Waals surface area (Å²) in [5.41, 5.74) is 0.367. The van der Waals surface area contributed by atoms with Crippen molar-refractivity contribution in [2.45, 2.75) is 18.6 Å². The van der Waals surface area contributed by atoms with E-state index in [9.17, 15) is 0 Å². The lowest BCUT2D eigenvalue weighted by molar-refractivity contribution is 1.13. The average Bonchev–Trinajstić information content (AvgIpc) is 2.45. The molecule has 2 rings (SSSR count). The minimum atomic E-state index is -2.12. The van der Waals surface area contributed by atoms with Crippen LogP contribution in [-0.2, 0) is 0 Å². The van der Waals surface area contributed by atoms with Crippen LogP contribution in [0.1, 0.15) is 31.1 Å². The molecule has 0 heterocycles. The Labute approximate surface area is 76.4 Å². The molecule has 0 radical (unpaired) electrons. The molecule has 52 valence electrons. The molecule has 1 aromatic carbocycles. The Kier molecular flexibility index (Phi) is 0.711. The van der Waals surface area contributed by atoms with Gasteiger partial charge in [0.05, 0.1) is 0 Å². The third kappa shape index (κ3) is 1.24. The summed E-state index contributed by atoms with van der Waals surface area (Å²) in [4.78, 5) is 0. The third-order valence-corrected chi connectivity index (χ3v) is 1.86.